The summed E-state index contributed by atoms with van der Waals surface area (Å²) in [5.41, 5.74) is 0. The second-order valence-corrected chi connectivity index (χ2v) is 5.04. The number of morpholine rings is 1. The molecule has 112 valence electrons. The van der Waals surface area contributed by atoms with Gasteiger partial charge in [-0.2, -0.15) is 0 Å². The van der Waals surface area contributed by atoms with Crippen molar-refractivity contribution >= 4 is 6.03 Å². The molecule has 1 saturated heterocycles. The van der Waals surface area contributed by atoms with E-state index in [1.807, 2.05) is 19.1 Å². The van der Waals surface area contributed by atoms with Crippen molar-refractivity contribution in [1.29, 1.82) is 0 Å². The summed E-state index contributed by atoms with van der Waals surface area (Å²) in [5, 5.41) is 5.78. The first-order chi connectivity index (χ1) is 9.74. The molecule has 2 amide bonds. The van der Waals surface area contributed by atoms with Crippen LogP contribution in [0.25, 0.3) is 0 Å². The van der Waals surface area contributed by atoms with Gasteiger partial charge in [-0.05, 0) is 19.1 Å². The normalized spacial score (nSPS) is 17.6. The standard InChI is InChI=1S/C14H23N3O3/c1-12(11-13-3-2-8-20-13)16-14(18)15-4-5-17-6-9-19-10-7-17/h2-3,8,12H,4-7,9-11H2,1H3,(H2,15,16,18)/t12-/m1/s1. The number of urea groups is 1. The lowest BCUT2D eigenvalue weighted by molar-refractivity contribution is 0.0387. The molecule has 1 aromatic rings. The van der Waals surface area contributed by atoms with Crippen molar-refractivity contribution in [2.45, 2.75) is 19.4 Å². The summed E-state index contributed by atoms with van der Waals surface area (Å²) >= 11 is 0. The van der Waals surface area contributed by atoms with E-state index in [4.69, 9.17) is 9.15 Å². The summed E-state index contributed by atoms with van der Waals surface area (Å²) in [6, 6.07) is 3.68. The highest BCUT2D eigenvalue weighted by Gasteiger charge is 2.11. The van der Waals surface area contributed by atoms with E-state index in [1.165, 1.54) is 0 Å². The van der Waals surface area contributed by atoms with E-state index in [0.29, 0.717) is 13.0 Å². The molecular weight excluding hydrogens is 258 g/mol. The fourth-order valence-electron chi connectivity index (χ4n) is 2.21. The van der Waals surface area contributed by atoms with E-state index in [2.05, 4.69) is 15.5 Å². The van der Waals surface area contributed by atoms with Gasteiger partial charge < -0.3 is 19.8 Å². The Morgan fingerprint density at radius 3 is 2.95 bits per heavy atom. The van der Waals surface area contributed by atoms with Crippen molar-refractivity contribution < 1.29 is 13.9 Å². The molecule has 0 bridgehead atoms. The van der Waals surface area contributed by atoms with E-state index >= 15 is 0 Å². The summed E-state index contributed by atoms with van der Waals surface area (Å²) < 4.78 is 10.5. The predicted molar refractivity (Wildman–Crippen MR) is 75.7 cm³/mol. The number of ether oxygens (including phenoxy) is 1. The number of nitrogens with zero attached hydrogens (tertiary/aromatic N) is 1. The zero-order valence-corrected chi connectivity index (χ0v) is 11.9. The van der Waals surface area contributed by atoms with Gasteiger partial charge in [-0.25, -0.2) is 4.79 Å². The minimum Gasteiger partial charge on any atom is -0.469 e. The van der Waals surface area contributed by atoms with Crippen LogP contribution in [0.3, 0.4) is 0 Å². The molecule has 20 heavy (non-hydrogen) atoms. The van der Waals surface area contributed by atoms with Crippen molar-refractivity contribution in [2.75, 3.05) is 39.4 Å². The molecule has 1 aromatic heterocycles. The zero-order chi connectivity index (χ0) is 14.2. The van der Waals surface area contributed by atoms with Crippen molar-refractivity contribution in [3.05, 3.63) is 24.2 Å². The van der Waals surface area contributed by atoms with Crippen LogP contribution in [0, 0.1) is 0 Å². The molecule has 1 fully saturated rings. The van der Waals surface area contributed by atoms with Gasteiger partial charge in [0.1, 0.15) is 5.76 Å². The number of nitrogens with one attached hydrogen (secondary N) is 2. The van der Waals surface area contributed by atoms with Crippen LogP contribution < -0.4 is 10.6 Å². The Morgan fingerprint density at radius 2 is 2.25 bits per heavy atom. The van der Waals surface area contributed by atoms with Gasteiger partial charge in [0.2, 0.25) is 0 Å². The molecule has 2 N–H and O–H groups in total. The Balaban J connectivity index is 1.57. The molecule has 0 aromatic carbocycles. The topological polar surface area (TPSA) is 66.7 Å². The maximum absolute atomic E-state index is 11.7. The summed E-state index contributed by atoms with van der Waals surface area (Å²) in [4.78, 5) is 14.0. The summed E-state index contributed by atoms with van der Waals surface area (Å²) in [6.45, 7) is 6.93. The first-order valence-corrected chi connectivity index (χ1v) is 7.11. The Hall–Kier alpha value is -1.53. The molecule has 2 heterocycles. The minimum absolute atomic E-state index is 0.0459. The van der Waals surface area contributed by atoms with Gasteiger partial charge in [-0.3, -0.25) is 4.90 Å². The van der Waals surface area contributed by atoms with E-state index in [9.17, 15) is 4.79 Å². The Kier molecular flexibility index (Phi) is 5.88. The average molecular weight is 281 g/mol. The third kappa shape index (κ3) is 5.22. The lowest BCUT2D eigenvalue weighted by Gasteiger charge is -2.26. The number of carbonyl (C=O) groups excluding carboxylic acids is 1. The number of furan rings is 1. The summed E-state index contributed by atoms with van der Waals surface area (Å²) in [6.07, 6.45) is 2.34. The maximum atomic E-state index is 11.7. The molecule has 1 aliphatic heterocycles. The Bertz CT molecular complexity index is 388. The smallest absolute Gasteiger partial charge is 0.315 e. The molecule has 0 aliphatic carbocycles. The molecule has 1 atom stereocenters. The molecule has 1 aliphatic rings. The molecule has 0 radical (unpaired) electrons. The second-order valence-electron chi connectivity index (χ2n) is 5.04. The predicted octanol–water partition coefficient (Wildman–Crippen LogP) is 0.842. The molecular formula is C14H23N3O3. The highest BCUT2D eigenvalue weighted by atomic mass is 16.5. The minimum atomic E-state index is -0.127. The van der Waals surface area contributed by atoms with E-state index in [0.717, 1.165) is 38.6 Å². The number of carbonyl (C=O) groups is 1. The van der Waals surface area contributed by atoms with Gasteiger partial charge in [-0.15, -0.1) is 0 Å². The number of hydrogen-bond acceptors (Lipinski definition) is 4. The molecule has 2 rings (SSSR count). The van der Waals surface area contributed by atoms with Gasteiger partial charge in [0.05, 0.1) is 19.5 Å². The molecule has 6 heteroatoms. The van der Waals surface area contributed by atoms with E-state index in [-0.39, 0.29) is 12.1 Å². The Morgan fingerprint density at radius 1 is 1.45 bits per heavy atom. The monoisotopic (exact) mass is 281 g/mol. The van der Waals surface area contributed by atoms with Crippen LogP contribution in [-0.4, -0.2) is 56.4 Å². The quantitative estimate of drug-likeness (QED) is 0.811. The van der Waals surface area contributed by atoms with Crippen LogP contribution in [0.5, 0.6) is 0 Å². The first-order valence-electron chi connectivity index (χ1n) is 7.11. The number of amides is 2. The van der Waals surface area contributed by atoms with Gasteiger partial charge in [0.15, 0.2) is 0 Å². The third-order valence-electron chi connectivity index (χ3n) is 3.28. The fraction of sp³-hybridized carbons (Fsp3) is 0.643. The van der Waals surface area contributed by atoms with Gasteiger partial charge in [0.25, 0.3) is 0 Å². The van der Waals surface area contributed by atoms with Gasteiger partial charge in [-0.1, -0.05) is 0 Å². The molecule has 0 saturated carbocycles. The van der Waals surface area contributed by atoms with Crippen LogP contribution in [0.15, 0.2) is 22.8 Å². The Labute approximate surface area is 119 Å². The van der Waals surface area contributed by atoms with Gasteiger partial charge >= 0.3 is 6.03 Å². The number of hydrogen-bond donors (Lipinski definition) is 2. The maximum Gasteiger partial charge on any atom is 0.315 e. The average Bonchev–Trinajstić information content (AvgIpc) is 2.92. The van der Waals surface area contributed by atoms with Crippen molar-refractivity contribution in [3.63, 3.8) is 0 Å². The third-order valence-corrected chi connectivity index (χ3v) is 3.28. The SMILES string of the molecule is C[C@H](Cc1ccco1)NC(=O)NCCN1CCOCC1. The summed E-state index contributed by atoms with van der Waals surface area (Å²) in [7, 11) is 0. The van der Waals surface area contributed by atoms with Crippen molar-refractivity contribution in [1.82, 2.24) is 15.5 Å². The van der Waals surface area contributed by atoms with Gasteiger partial charge in [0, 0.05) is 38.6 Å². The molecule has 0 spiro atoms. The highest BCUT2D eigenvalue weighted by Crippen LogP contribution is 2.03. The number of rotatable bonds is 6. The molecule has 0 unspecified atom stereocenters. The van der Waals surface area contributed by atoms with Crippen molar-refractivity contribution in [2.24, 2.45) is 0 Å². The van der Waals surface area contributed by atoms with Crippen LogP contribution in [-0.2, 0) is 11.2 Å². The zero-order valence-electron chi connectivity index (χ0n) is 11.9. The van der Waals surface area contributed by atoms with E-state index in [1.54, 1.807) is 6.26 Å². The largest absolute Gasteiger partial charge is 0.469 e. The van der Waals surface area contributed by atoms with E-state index < -0.39 is 0 Å². The van der Waals surface area contributed by atoms with Crippen LogP contribution in [0.2, 0.25) is 0 Å². The van der Waals surface area contributed by atoms with Crippen LogP contribution >= 0.6 is 0 Å². The second kappa shape index (κ2) is 7.91. The first kappa shape index (κ1) is 14.9. The fourth-order valence-corrected chi connectivity index (χ4v) is 2.21. The summed E-state index contributed by atoms with van der Waals surface area (Å²) in [5.74, 6) is 0.881. The highest BCUT2D eigenvalue weighted by molar-refractivity contribution is 5.74. The van der Waals surface area contributed by atoms with Crippen LogP contribution in [0.1, 0.15) is 12.7 Å². The molecule has 6 nitrogen and oxygen atoms in total. The van der Waals surface area contributed by atoms with Crippen LogP contribution in [0.4, 0.5) is 4.79 Å². The lowest BCUT2D eigenvalue weighted by atomic mass is 10.2. The lowest BCUT2D eigenvalue weighted by Crippen LogP contribution is -2.46. The van der Waals surface area contributed by atoms with Crippen molar-refractivity contribution in [3.8, 4) is 0 Å².